The number of aromatic nitrogens is 2. The summed E-state index contributed by atoms with van der Waals surface area (Å²) in [6, 6.07) is 6.17. The van der Waals surface area contributed by atoms with Crippen LogP contribution in [0.25, 0.3) is 0 Å². The molecule has 0 saturated carbocycles. The van der Waals surface area contributed by atoms with E-state index in [0.29, 0.717) is 5.69 Å². The highest BCUT2D eigenvalue weighted by molar-refractivity contribution is 7.92. The van der Waals surface area contributed by atoms with Gasteiger partial charge in [-0.25, -0.2) is 13.4 Å². The number of nitrogens with one attached hydrogen (secondary N) is 1. The first kappa shape index (κ1) is 12.8. The van der Waals surface area contributed by atoms with Gasteiger partial charge in [-0.1, -0.05) is 11.6 Å². The topological polar surface area (TPSA) is 72.0 Å². The Labute approximate surface area is 110 Å². The second-order valence-electron chi connectivity index (χ2n) is 3.61. The number of rotatable bonds is 3. The van der Waals surface area contributed by atoms with E-state index in [1.165, 1.54) is 24.5 Å². The van der Waals surface area contributed by atoms with E-state index >= 15 is 0 Å². The number of pyridine rings is 2. The Morgan fingerprint density at radius 1 is 1.11 bits per heavy atom. The summed E-state index contributed by atoms with van der Waals surface area (Å²) in [5.74, 6) is 0. The molecule has 0 spiro atoms. The molecule has 5 nitrogen and oxygen atoms in total. The third-order valence-corrected chi connectivity index (χ3v) is 3.76. The van der Waals surface area contributed by atoms with E-state index in [1.54, 1.807) is 12.1 Å². The molecule has 0 saturated heterocycles. The van der Waals surface area contributed by atoms with Gasteiger partial charge in [0.1, 0.15) is 10.0 Å². The Morgan fingerprint density at radius 2 is 1.89 bits per heavy atom. The molecule has 2 heterocycles. The van der Waals surface area contributed by atoms with E-state index in [-0.39, 0.29) is 10.0 Å². The fourth-order valence-electron chi connectivity index (χ4n) is 1.26. The zero-order valence-corrected chi connectivity index (χ0v) is 11.0. The first-order valence-electron chi connectivity index (χ1n) is 5.04. The molecule has 0 fully saturated rings. The second kappa shape index (κ2) is 4.91. The van der Waals surface area contributed by atoms with Gasteiger partial charge < -0.3 is 0 Å². The van der Waals surface area contributed by atoms with Gasteiger partial charge >= 0.3 is 0 Å². The Kier molecular flexibility index (Phi) is 3.49. The minimum Gasteiger partial charge on any atom is -0.278 e. The number of sulfonamides is 1. The molecule has 0 unspecified atom stereocenters. The SMILES string of the molecule is Cc1ccc(NS(=O)(=O)c2ccc(Cl)nc2)cn1. The average molecular weight is 284 g/mol. The maximum atomic E-state index is 12.0. The van der Waals surface area contributed by atoms with Gasteiger partial charge in [-0.05, 0) is 31.2 Å². The van der Waals surface area contributed by atoms with Crippen LogP contribution in [-0.4, -0.2) is 18.4 Å². The highest BCUT2D eigenvalue weighted by Gasteiger charge is 2.14. The van der Waals surface area contributed by atoms with E-state index in [9.17, 15) is 8.42 Å². The Bertz CT molecular complexity index is 639. The van der Waals surface area contributed by atoms with Crippen LogP contribution in [0, 0.1) is 6.92 Å². The van der Waals surface area contributed by atoms with Gasteiger partial charge in [-0.2, -0.15) is 0 Å². The lowest BCUT2D eigenvalue weighted by Gasteiger charge is -2.07. The van der Waals surface area contributed by atoms with Crippen molar-refractivity contribution in [3.05, 3.63) is 47.5 Å². The minimum absolute atomic E-state index is 0.0486. The van der Waals surface area contributed by atoms with Crippen molar-refractivity contribution in [2.24, 2.45) is 0 Å². The molecule has 0 aromatic carbocycles. The fourth-order valence-corrected chi connectivity index (χ4v) is 2.36. The van der Waals surface area contributed by atoms with Gasteiger partial charge in [0.15, 0.2) is 0 Å². The molecule has 0 bridgehead atoms. The zero-order chi connectivity index (χ0) is 13.2. The summed E-state index contributed by atoms with van der Waals surface area (Å²) in [7, 11) is -3.65. The molecular weight excluding hydrogens is 274 g/mol. The number of hydrogen-bond acceptors (Lipinski definition) is 4. The number of aryl methyl sites for hydroxylation is 1. The van der Waals surface area contributed by atoms with Crippen LogP contribution in [0.15, 0.2) is 41.6 Å². The molecule has 0 aliphatic carbocycles. The van der Waals surface area contributed by atoms with E-state index in [4.69, 9.17) is 11.6 Å². The van der Waals surface area contributed by atoms with Gasteiger partial charge in [0.2, 0.25) is 0 Å². The summed E-state index contributed by atoms with van der Waals surface area (Å²) >= 11 is 5.60. The normalized spacial score (nSPS) is 11.2. The maximum absolute atomic E-state index is 12.0. The Balaban J connectivity index is 2.27. The minimum atomic E-state index is -3.65. The summed E-state index contributed by atoms with van der Waals surface area (Å²) in [5.41, 5.74) is 1.21. The van der Waals surface area contributed by atoms with E-state index in [2.05, 4.69) is 14.7 Å². The smallest absolute Gasteiger partial charge is 0.263 e. The number of hydrogen-bond donors (Lipinski definition) is 1. The Morgan fingerprint density at radius 3 is 2.44 bits per heavy atom. The number of nitrogens with zero attached hydrogens (tertiary/aromatic N) is 2. The largest absolute Gasteiger partial charge is 0.278 e. The van der Waals surface area contributed by atoms with Crippen molar-refractivity contribution in [2.45, 2.75) is 11.8 Å². The first-order chi connectivity index (χ1) is 8.47. The standard InChI is InChI=1S/C11H10ClN3O2S/c1-8-2-3-9(6-13-8)15-18(16,17)10-4-5-11(12)14-7-10/h2-7,15H,1H3. The van der Waals surface area contributed by atoms with Crippen LogP contribution in [0.5, 0.6) is 0 Å². The lowest BCUT2D eigenvalue weighted by molar-refractivity contribution is 0.601. The summed E-state index contributed by atoms with van der Waals surface area (Å²) in [6.45, 7) is 1.82. The molecule has 0 radical (unpaired) electrons. The first-order valence-corrected chi connectivity index (χ1v) is 6.90. The van der Waals surface area contributed by atoms with Gasteiger partial charge in [0.05, 0.1) is 11.9 Å². The van der Waals surface area contributed by atoms with E-state index in [1.807, 2.05) is 6.92 Å². The lowest BCUT2D eigenvalue weighted by Crippen LogP contribution is -2.13. The molecule has 2 aromatic rings. The molecule has 18 heavy (non-hydrogen) atoms. The third kappa shape index (κ3) is 2.96. The lowest BCUT2D eigenvalue weighted by atomic mass is 10.4. The molecule has 2 aromatic heterocycles. The fraction of sp³-hybridized carbons (Fsp3) is 0.0909. The molecule has 0 aliphatic heterocycles. The Hall–Kier alpha value is -1.66. The van der Waals surface area contributed by atoms with Crippen LogP contribution >= 0.6 is 11.6 Å². The van der Waals surface area contributed by atoms with Crippen LogP contribution in [0.4, 0.5) is 5.69 Å². The van der Waals surface area contributed by atoms with Crippen molar-refractivity contribution in [2.75, 3.05) is 4.72 Å². The van der Waals surface area contributed by atoms with Crippen LogP contribution < -0.4 is 4.72 Å². The van der Waals surface area contributed by atoms with E-state index < -0.39 is 10.0 Å². The van der Waals surface area contributed by atoms with Gasteiger partial charge in [-0.15, -0.1) is 0 Å². The van der Waals surface area contributed by atoms with Crippen molar-refractivity contribution in [3.8, 4) is 0 Å². The van der Waals surface area contributed by atoms with Crippen molar-refractivity contribution in [1.82, 2.24) is 9.97 Å². The summed E-state index contributed by atoms with van der Waals surface area (Å²) < 4.78 is 26.4. The summed E-state index contributed by atoms with van der Waals surface area (Å²) in [5, 5.41) is 0.242. The molecule has 0 atom stereocenters. The molecule has 0 amide bonds. The molecule has 7 heteroatoms. The van der Waals surface area contributed by atoms with Crippen molar-refractivity contribution < 1.29 is 8.42 Å². The van der Waals surface area contributed by atoms with Gasteiger partial charge in [-0.3, -0.25) is 9.71 Å². The average Bonchev–Trinajstić information content (AvgIpc) is 2.32. The molecule has 2 rings (SSSR count). The summed E-state index contributed by atoms with van der Waals surface area (Å²) in [6.07, 6.45) is 2.66. The third-order valence-electron chi connectivity index (χ3n) is 2.17. The second-order valence-corrected chi connectivity index (χ2v) is 5.68. The molecular formula is C11H10ClN3O2S. The van der Waals surface area contributed by atoms with Crippen LogP contribution in [0.3, 0.4) is 0 Å². The van der Waals surface area contributed by atoms with E-state index in [0.717, 1.165) is 5.69 Å². The number of anilines is 1. The van der Waals surface area contributed by atoms with Crippen molar-refractivity contribution >= 4 is 27.3 Å². The predicted molar refractivity (Wildman–Crippen MR) is 69.0 cm³/mol. The number of halogens is 1. The highest BCUT2D eigenvalue weighted by atomic mass is 35.5. The maximum Gasteiger partial charge on any atom is 0.263 e. The van der Waals surface area contributed by atoms with Crippen molar-refractivity contribution in [3.63, 3.8) is 0 Å². The van der Waals surface area contributed by atoms with Crippen molar-refractivity contribution in [1.29, 1.82) is 0 Å². The quantitative estimate of drug-likeness (QED) is 0.877. The van der Waals surface area contributed by atoms with Gasteiger partial charge in [0, 0.05) is 11.9 Å². The summed E-state index contributed by atoms with van der Waals surface area (Å²) in [4.78, 5) is 7.79. The van der Waals surface area contributed by atoms with Crippen LogP contribution in [0.2, 0.25) is 5.15 Å². The van der Waals surface area contributed by atoms with Crippen LogP contribution in [0.1, 0.15) is 5.69 Å². The molecule has 0 aliphatic rings. The van der Waals surface area contributed by atoms with Gasteiger partial charge in [0.25, 0.3) is 10.0 Å². The zero-order valence-electron chi connectivity index (χ0n) is 9.46. The predicted octanol–water partition coefficient (Wildman–Crippen LogP) is 2.24. The highest BCUT2D eigenvalue weighted by Crippen LogP contribution is 2.15. The molecule has 94 valence electrons. The monoisotopic (exact) mass is 283 g/mol. The van der Waals surface area contributed by atoms with Crippen LogP contribution in [-0.2, 0) is 10.0 Å². The molecule has 1 N–H and O–H groups in total.